The van der Waals surface area contributed by atoms with Gasteiger partial charge in [-0.1, -0.05) is 29.8 Å². The smallest absolute Gasteiger partial charge is 0.341 e. The van der Waals surface area contributed by atoms with Crippen LogP contribution < -0.4 is 5.73 Å². The summed E-state index contributed by atoms with van der Waals surface area (Å²) in [5.74, 6) is -1.13. The molecule has 2 rings (SSSR count). The number of hydrogen-bond acceptors (Lipinski definition) is 7. The number of benzene rings is 1. The Morgan fingerprint density at radius 3 is 2.14 bits per heavy atom. The number of aryl methyl sites for hydroxylation is 1. The van der Waals surface area contributed by atoms with E-state index >= 15 is 0 Å². The first-order valence-corrected chi connectivity index (χ1v) is 9.65. The highest BCUT2D eigenvalue weighted by Gasteiger charge is 2.45. The predicted octanol–water partition coefficient (Wildman–Crippen LogP) is 1.67. The van der Waals surface area contributed by atoms with E-state index in [1.54, 1.807) is 20.8 Å². The zero-order valence-corrected chi connectivity index (χ0v) is 17.7. The Morgan fingerprint density at radius 2 is 1.64 bits per heavy atom. The molecule has 1 aromatic carbocycles. The molecular formula is C21H33N3O4. The second kappa shape index (κ2) is 9.03. The van der Waals surface area contributed by atoms with E-state index in [1.807, 2.05) is 4.90 Å². The van der Waals surface area contributed by atoms with Gasteiger partial charge in [0.25, 0.3) is 0 Å². The lowest BCUT2D eigenvalue weighted by atomic mass is 10.0. The Balaban J connectivity index is 2.00. The number of rotatable bonds is 6. The second-order valence-electron chi connectivity index (χ2n) is 8.43. The van der Waals surface area contributed by atoms with Crippen LogP contribution in [0, 0.1) is 6.92 Å². The molecule has 1 aliphatic rings. The lowest BCUT2D eigenvalue weighted by Gasteiger charge is -2.43. The number of carbonyl (C=O) groups is 2. The van der Waals surface area contributed by atoms with Gasteiger partial charge in [0, 0.05) is 32.7 Å². The first-order chi connectivity index (χ1) is 13.0. The van der Waals surface area contributed by atoms with Gasteiger partial charge in [-0.05, 0) is 33.3 Å². The molecule has 7 heteroatoms. The van der Waals surface area contributed by atoms with Gasteiger partial charge < -0.3 is 15.2 Å². The third-order valence-electron chi connectivity index (χ3n) is 4.84. The topological polar surface area (TPSA) is 85.1 Å². The molecule has 0 saturated carbocycles. The molecule has 2 N–H and O–H groups in total. The van der Waals surface area contributed by atoms with Crippen LogP contribution in [0.3, 0.4) is 0 Å². The molecule has 1 fully saturated rings. The lowest BCUT2D eigenvalue weighted by molar-refractivity contribution is -0.169. The van der Waals surface area contributed by atoms with Crippen LogP contribution in [0.2, 0.25) is 0 Å². The summed E-state index contributed by atoms with van der Waals surface area (Å²) in [6.07, 6.45) is -0.241. The Morgan fingerprint density at radius 1 is 1.07 bits per heavy atom. The van der Waals surface area contributed by atoms with E-state index in [1.165, 1.54) is 18.2 Å². The fraction of sp³-hybridized carbons (Fsp3) is 0.619. The molecule has 1 saturated heterocycles. The number of nitrogens with zero attached hydrogens (tertiary/aromatic N) is 2. The van der Waals surface area contributed by atoms with E-state index in [0.29, 0.717) is 13.1 Å². The first-order valence-electron chi connectivity index (χ1n) is 9.65. The highest BCUT2D eigenvalue weighted by Crippen LogP contribution is 2.22. The van der Waals surface area contributed by atoms with Gasteiger partial charge in [0.15, 0.2) is 5.66 Å². The molecular weight excluding hydrogens is 358 g/mol. The van der Waals surface area contributed by atoms with Crippen molar-refractivity contribution in [2.75, 3.05) is 33.3 Å². The summed E-state index contributed by atoms with van der Waals surface area (Å²) in [6, 6.07) is 8.47. The zero-order valence-electron chi connectivity index (χ0n) is 17.7. The molecule has 0 spiro atoms. The number of nitrogens with two attached hydrogens (primary N) is 1. The maximum absolute atomic E-state index is 12.4. The number of ether oxygens (including phenoxy) is 2. The van der Waals surface area contributed by atoms with Gasteiger partial charge in [-0.2, -0.15) is 0 Å². The Hall–Kier alpha value is -1.96. The van der Waals surface area contributed by atoms with Crippen LogP contribution in [-0.2, 0) is 25.6 Å². The van der Waals surface area contributed by atoms with Crippen LogP contribution >= 0.6 is 0 Å². The van der Waals surface area contributed by atoms with Crippen molar-refractivity contribution in [1.29, 1.82) is 0 Å². The molecule has 0 radical (unpaired) electrons. The van der Waals surface area contributed by atoms with E-state index < -0.39 is 23.2 Å². The average molecular weight is 392 g/mol. The summed E-state index contributed by atoms with van der Waals surface area (Å²) < 4.78 is 10.3. The van der Waals surface area contributed by atoms with Gasteiger partial charge in [-0.25, -0.2) is 4.79 Å². The highest BCUT2D eigenvalue weighted by atomic mass is 16.6. The number of hydrogen-bond donors (Lipinski definition) is 1. The normalized spacial score (nSPS) is 18.4. The van der Waals surface area contributed by atoms with Crippen molar-refractivity contribution in [3.8, 4) is 0 Å². The highest BCUT2D eigenvalue weighted by molar-refractivity contribution is 5.86. The third-order valence-corrected chi connectivity index (χ3v) is 4.84. The number of carbonyl (C=O) groups excluding carboxylic acids is 2. The van der Waals surface area contributed by atoms with E-state index in [2.05, 4.69) is 36.1 Å². The number of esters is 2. The molecule has 0 aromatic heterocycles. The molecule has 7 nitrogen and oxygen atoms in total. The minimum Gasteiger partial charge on any atom is -0.467 e. The molecule has 0 unspecified atom stereocenters. The van der Waals surface area contributed by atoms with Crippen LogP contribution in [0.25, 0.3) is 0 Å². The van der Waals surface area contributed by atoms with Crippen molar-refractivity contribution < 1.29 is 19.1 Å². The lowest BCUT2D eigenvalue weighted by Crippen LogP contribution is -2.67. The van der Waals surface area contributed by atoms with E-state index in [0.717, 1.165) is 19.6 Å². The molecule has 28 heavy (non-hydrogen) atoms. The summed E-state index contributed by atoms with van der Waals surface area (Å²) >= 11 is 0. The van der Waals surface area contributed by atoms with Crippen molar-refractivity contribution in [3.63, 3.8) is 0 Å². The zero-order chi connectivity index (χ0) is 20.9. The van der Waals surface area contributed by atoms with Crippen LogP contribution in [0.4, 0.5) is 0 Å². The molecule has 1 heterocycles. The van der Waals surface area contributed by atoms with Gasteiger partial charge in [0.2, 0.25) is 0 Å². The Kier molecular flexibility index (Phi) is 7.20. The third kappa shape index (κ3) is 6.02. The van der Waals surface area contributed by atoms with Crippen molar-refractivity contribution in [3.05, 3.63) is 35.4 Å². The van der Waals surface area contributed by atoms with Crippen molar-refractivity contribution >= 4 is 11.9 Å². The SMILES string of the molecule is COC(=O)[C@](N)(CC(=O)OC(C)(C)C)N1CCN(Cc2ccc(C)cc2)CC1. The summed E-state index contributed by atoms with van der Waals surface area (Å²) in [5, 5.41) is 0. The van der Waals surface area contributed by atoms with Gasteiger partial charge in [0.05, 0.1) is 13.5 Å². The Labute approximate surface area is 167 Å². The van der Waals surface area contributed by atoms with Crippen LogP contribution in [0.1, 0.15) is 38.3 Å². The molecule has 1 atom stereocenters. The summed E-state index contributed by atoms with van der Waals surface area (Å²) in [4.78, 5) is 28.9. The monoisotopic (exact) mass is 391 g/mol. The fourth-order valence-electron chi connectivity index (χ4n) is 3.34. The molecule has 1 aliphatic heterocycles. The molecule has 1 aromatic rings. The maximum Gasteiger partial charge on any atom is 0.341 e. The van der Waals surface area contributed by atoms with Gasteiger partial charge in [0.1, 0.15) is 5.60 Å². The van der Waals surface area contributed by atoms with Gasteiger partial charge in [-0.3, -0.25) is 14.6 Å². The Bertz CT molecular complexity index is 676. The van der Waals surface area contributed by atoms with Crippen LogP contribution in [0.5, 0.6) is 0 Å². The van der Waals surface area contributed by atoms with E-state index in [4.69, 9.17) is 15.2 Å². The van der Waals surface area contributed by atoms with E-state index in [9.17, 15) is 9.59 Å². The maximum atomic E-state index is 12.4. The average Bonchev–Trinajstić information content (AvgIpc) is 2.61. The predicted molar refractivity (Wildman–Crippen MR) is 107 cm³/mol. The molecule has 156 valence electrons. The van der Waals surface area contributed by atoms with Gasteiger partial charge in [-0.15, -0.1) is 0 Å². The summed E-state index contributed by atoms with van der Waals surface area (Å²) in [5.41, 5.74) is 6.72. The first kappa shape index (κ1) is 22.3. The van der Waals surface area contributed by atoms with Crippen molar-refractivity contribution in [2.24, 2.45) is 5.73 Å². The summed E-state index contributed by atoms with van der Waals surface area (Å²) in [7, 11) is 1.28. The minimum absolute atomic E-state index is 0.241. The number of methoxy groups -OCH3 is 1. The van der Waals surface area contributed by atoms with Crippen LogP contribution in [0.15, 0.2) is 24.3 Å². The van der Waals surface area contributed by atoms with Crippen molar-refractivity contribution in [2.45, 2.75) is 51.9 Å². The second-order valence-corrected chi connectivity index (χ2v) is 8.43. The molecule has 0 aliphatic carbocycles. The minimum atomic E-state index is -1.52. The number of piperazine rings is 1. The van der Waals surface area contributed by atoms with Crippen LogP contribution in [-0.4, -0.2) is 66.3 Å². The quantitative estimate of drug-likeness (QED) is 0.739. The van der Waals surface area contributed by atoms with Gasteiger partial charge >= 0.3 is 11.9 Å². The summed E-state index contributed by atoms with van der Waals surface area (Å²) in [6.45, 7) is 10.9. The van der Waals surface area contributed by atoms with E-state index in [-0.39, 0.29) is 6.42 Å². The molecule has 0 amide bonds. The standard InChI is InChI=1S/C21H33N3O4/c1-16-6-8-17(9-7-16)15-23-10-12-24(13-11-23)21(22,19(26)27-5)14-18(25)28-20(2,3)4/h6-9H,10-15,22H2,1-5H3/t21-/m0/s1. The largest absolute Gasteiger partial charge is 0.467 e. The molecule has 0 bridgehead atoms. The van der Waals surface area contributed by atoms with Crippen molar-refractivity contribution in [1.82, 2.24) is 9.80 Å². The fourth-order valence-corrected chi connectivity index (χ4v) is 3.34.